The summed E-state index contributed by atoms with van der Waals surface area (Å²) in [4.78, 5) is 30.8. The van der Waals surface area contributed by atoms with E-state index in [1.807, 2.05) is 13.8 Å². The number of hydrogen-bond donors (Lipinski definition) is 2. The van der Waals surface area contributed by atoms with Crippen LogP contribution >= 0.6 is 11.3 Å². The van der Waals surface area contributed by atoms with E-state index in [4.69, 9.17) is 0 Å². The minimum absolute atomic E-state index is 0.0567. The van der Waals surface area contributed by atoms with Gasteiger partial charge in [0, 0.05) is 23.2 Å². The maximum Gasteiger partial charge on any atom is 0.326 e. The summed E-state index contributed by atoms with van der Waals surface area (Å²) in [7, 11) is 0. The van der Waals surface area contributed by atoms with Crippen molar-refractivity contribution in [1.82, 2.24) is 14.5 Å². The highest BCUT2D eigenvalue weighted by atomic mass is 32.1. The molecule has 2 aromatic heterocycles. The third-order valence-electron chi connectivity index (χ3n) is 3.15. The lowest BCUT2D eigenvalue weighted by molar-refractivity contribution is 0.102. The average Bonchev–Trinajstić information content (AvgIpc) is 3.03. The van der Waals surface area contributed by atoms with Gasteiger partial charge in [0.25, 0.3) is 5.91 Å². The van der Waals surface area contributed by atoms with Gasteiger partial charge in [-0.15, -0.1) is 11.3 Å². The zero-order valence-corrected chi connectivity index (χ0v) is 12.4. The highest BCUT2D eigenvalue weighted by Gasteiger charge is 2.13. The van der Waals surface area contributed by atoms with Crippen LogP contribution in [0.2, 0.25) is 0 Å². The minimum atomic E-state index is -0.245. The molecule has 3 rings (SSSR count). The molecular formula is C14H14N4O2S. The molecular weight excluding hydrogens is 288 g/mol. The van der Waals surface area contributed by atoms with Crippen LogP contribution in [0.15, 0.2) is 34.6 Å². The molecule has 0 spiro atoms. The molecule has 0 atom stereocenters. The van der Waals surface area contributed by atoms with Gasteiger partial charge in [-0.25, -0.2) is 9.78 Å². The second-order valence-electron chi connectivity index (χ2n) is 4.92. The Morgan fingerprint density at radius 2 is 2.24 bits per heavy atom. The van der Waals surface area contributed by atoms with E-state index < -0.39 is 0 Å². The number of imidazole rings is 1. The third-order valence-corrected chi connectivity index (χ3v) is 3.84. The summed E-state index contributed by atoms with van der Waals surface area (Å²) in [5.41, 5.74) is 1.76. The van der Waals surface area contributed by atoms with Crippen molar-refractivity contribution in [3.8, 4) is 0 Å². The highest BCUT2D eigenvalue weighted by Crippen LogP contribution is 2.18. The van der Waals surface area contributed by atoms with E-state index in [0.717, 1.165) is 5.52 Å². The first-order chi connectivity index (χ1) is 10.1. The number of carbonyl (C=O) groups excluding carboxylic acids is 1. The molecule has 108 valence electrons. The smallest absolute Gasteiger partial charge is 0.306 e. The fraction of sp³-hybridized carbons (Fsp3) is 0.214. The molecule has 1 amide bonds. The van der Waals surface area contributed by atoms with Crippen molar-refractivity contribution in [2.45, 2.75) is 19.9 Å². The van der Waals surface area contributed by atoms with Crippen molar-refractivity contribution in [3.63, 3.8) is 0 Å². The van der Waals surface area contributed by atoms with E-state index in [9.17, 15) is 9.59 Å². The van der Waals surface area contributed by atoms with Crippen molar-refractivity contribution in [3.05, 3.63) is 45.8 Å². The standard InChI is InChI=1S/C14H14N4O2S/c1-8(2)18-11-4-3-9(7-10(11)16-14(18)20)12(19)17-13-15-5-6-21-13/h3-8H,1-2H3,(H,16,20)(H,15,17,19). The molecule has 1 aromatic carbocycles. The Bertz CT molecular complexity index is 846. The number of amides is 1. The molecule has 2 N–H and O–H groups in total. The Kier molecular flexibility index (Phi) is 3.34. The lowest BCUT2D eigenvalue weighted by atomic mass is 10.2. The summed E-state index contributed by atoms with van der Waals surface area (Å²) < 4.78 is 1.66. The highest BCUT2D eigenvalue weighted by molar-refractivity contribution is 7.13. The number of aromatic nitrogens is 3. The minimum Gasteiger partial charge on any atom is -0.306 e. The number of rotatable bonds is 3. The number of fused-ring (bicyclic) bond motifs is 1. The average molecular weight is 302 g/mol. The van der Waals surface area contributed by atoms with Crippen molar-refractivity contribution >= 4 is 33.4 Å². The summed E-state index contributed by atoms with van der Waals surface area (Å²) in [5, 5.41) is 5.06. The quantitative estimate of drug-likeness (QED) is 0.780. The molecule has 0 aliphatic carbocycles. The number of benzene rings is 1. The van der Waals surface area contributed by atoms with Gasteiger partial charge in [-0.2, -0.15) is 0 Å². The second kappa shape index (κ2) is 5.17. The first-order valence-corrected chi connectivity index (χ1v) is 7.39. The van der Waals surface area contributed by atoms with Gasteiger partial charge in [-0.3, -0.25) is 14.7 Å². The zero-order valence-electron chi connectivity index (χ0n) is 11.6. The van der Waals surface area contributed by atoms with Crippen molar-refractivity contribution < 1.29 is 4.79 Å². The van der Waals surface area contributed by atoms with Gasteiger partial charge in [-0.05, 0) is 32.0 Å². The Hall–Kier alpha value is -2.41. The molecule has 0 saturated heterocycles. The van der Waals surface area contributed by atoms with Crippen LogP contribution in [0.4, 0.5) is 5.13 Å². The van der Waals surface area contributed by atoms with Gasteiger partial charge in [0.05, 0.1) is 11.0 Å². The fourth-order valence-corrected chi connectivity index (χ4v) is 2.76. The summed E-state index contributed by atoms with van der Waals surface area (Å²) in [6, 6.07) is 5.22. The Labute approximate surface area is 124 Å². The van der Waals surface area contributed by atoms with Crippen molar-refractivity contribution in [1.29, 1.82) is 0 Å². The first kappa shape index (κ1) is 13.6. The van der Waals surface area contributed by atoms with Crippen LogP contribution in [0.1, 0.15) is 30.2 Å². The van der Waals surface area contributed by atoms with Crippen molar-refractivity contribution in [2.75, 3.05) is 5.32 Å². The number of anilines is 1. The monoisotopic (exact) mass is 302 g/mol. The number of aromatic amines is 1. The van der Waals surface area contributed by atoms with E-state index in [1.165, 1.54) is 11.3 Å². The van der Waals surface area contributed by atoms with Gasteiger partial charge in [0.15, 0.2) is 5.13 Å². The fourth-order valence-electron chi connectivity index (χ4n) is 2.24. The molecule has 0 bridgehead atoms. The van der Waals surface area contributed by atoms with E-state index in [0.29, 0.717) is 16.2 Å². The molecule has 0 radical (unpaired) electrons. The Morgan fingerprint density at radius 1 is 1.43 bits per heavy atom. The Morgan fingerprint density at radius 3 is 2.90 bits per heavy atom. The molecule has 0 aliphatic heterocycles. The van der Waals surface area contributed by atoms with E-state index in [2.05, 4.69) is 15.3 Å². The number of nitrogens with zero attached hydrogens (tertiary/aromatic N) is 2. The van der Waals surface area contributed by atoms with Gasteiger partial charge in [0.1, 0.15) is 0 Å². The van der Waals surface area contributed by atoms with Crippen LogP contribution in [-0.2, 0) is 0 Å². The summed E-state index contributed by atoms with van der Waals surface area (Å²) in [5.74, 6) is -0.245. The second-order valence-corrected chi connectivity index (χ2v) is 5.81. The zero-order chi connectivity index (χ0) is 15.0. The molecule has 2 heterocycles. The predicted octanol–water partition coefficient (Wildman–Crippen LogP) is 2.62. The van der Waals surface area contributed by atoms with Crippen LogP contribution in [-0.4, -0.2) is 20.4 Å². The van der Waals surface area contributed by atoms with Crippen molar-refractivity contribution in [2.24, 2.45) is 0 Å². The lowest BCUT2D eigenvalue weighted by Crippen LogP contribution is -2.18. The van der Waals surface area contributed by atoms with Gasteiger partial charge < -0.3 is 4.98 Å². The maximum absolute atomic E-state index is 12.1. The largest absolute Gasteiger partial charge is 0.326 e. The van der Waals surface area contributed by atoms with Crippen LogP contribution in [0.25, 0.3) is 11.0 Å². The van der Waals surface area contributed by atoms with Gasteiger partial charge in [-0.1, -0.05) is 0 Å². The van der Waals surface area contributed by atoms with Crippen LogP contribution < -0.4 is 11.0 Å². The number of nitrogens with one attached hydrogen (secondary N) is 2. The van der Waals surface area contributed by atoms with Crippen LogP contribution in [0.3, 0.4) is 0 Å². The molecule has 0 aliphatic rings. The van der Waals surface area contributed by atoms with Crippen LogP contribution in [0.5, 0.6) is 0 Å². The molecule has 3 aromatic rings. The van der Waals surface area contributed by atoms with E-state index in [1.54, 1.807) is 34.3 Å². The first-order valence-electron chi connectivity index (χ1n) is 6.51. The van der Waals surface area contributed by atoms with Gasteiger partial charge in [0.2, 0.25) is 0 Å². The summed E-state index contributed by atoms with van der Waals surface area (Å²) in [6.07, 6.45) is 1.63. The van der Waals surface area contributed by atoms with Gasteiger partial charge >= 0.3 is 5.69 Å². The molecule has 6 nitrogen and oxygen atoms in total. The molecule has 0 saturated carbocycles. The molecule has 0 unspecified atom stereocenters. The molecule has 7 heteroatoms. The predicted molar refractivity (Wildman–Crippen MR) is 83.0 cm³/mol. The number of H-pyrrole nitrogens is 1. The number of carbonyl (C=O) groups is 1. The van der Waals surface area contributed by atoms with Crippen LogP contribution in [0, 0.1) is 0 Å². The SMILES string of the molecule is CC(C)n1c(=O)[nH]c2cc(C(=O)Nc3nccs3)ccc21. The topological polar surface area (TPSA) is 79.8 Å². The normalized spacial score (nSPS) is 11.2. The molecule has 0 fully saturated rings. The maximum atomic E-state index is 12.1. The van der Waals surface area contributed by atoms with E-state index in [-0.39, 0.29) is 17.6 Å². The number of hydrogen-bond acceptors (Lipinski definition) is 4. The lowest BCUT2D eigenvalue weighted by Gasteiger charge is -2.07. The molecule has 21 heavy (non-hydrogen) atoms. The Balaban J connectivity index is 1.98. The summed E-state index contributed by atoms with van der Waals surface area (Å²) in [6.45, 7) is 3.88. The summed E-state index contributed by atoms with van der Waals surface area (Å²) >= 11 is 1.36. The number of thiazole rings is 1. The van der Waals surface area contributed by atoms with E-state index >= 15 is 0 Å². The third kappa shape index (κ3) is 2.47.